The second kappa shape index (κ2) is 7.75. The molecule has 0 fully saturated rings. The minimum Gasteiger partial charge on any atom is -0.309 e. The second-order valence-corrected chi connectivity index (χ2v) is 5.77. The molecule has 1 aromatic rings. The third kappa shape index (κ3) is 6.19. The van der Waals surface area contributed by atoms with Gasteiger partial charge in [0.05, 0.1) is 0 Å². The van der Waals surface area contributed by atoms with Crippen LogP contribution in [0.25, 0.3) is 0 Å². The zero-order chi connectivity index (χ0) is 11.8. The Balaban J connectivity index is 2.13. The van der Waals surface area contributed by atoms with Crippen molar-refractivity contribution in [2.45, 2.75) is 33.4 Å². The average molecular weight is 237 g/mol. The van der Waals surface area contributed by atoms with E-state index in [1.807, 2.05) is 11.8 Å². The van der Waals surface area contributed by atoms with Crippen molar-refractivity contribution >= 4 is 11.8 Å². The lowest BCUT2D eigenvalue weighted by atomic mass is 10.2. The Kier molecular flexibility index (Phi) is 6.58. The van der Waals surface area contributed by atoms with Gasteiger partial charge in [-0.3, -0.25) is 0 Å². The summed E-state index contributed by atoms with van der Waals surface area (Å²) in [6.07, 6.45) is 0. The summed E-state index contributed by atoms with van der Waals surface area (Å²) < 4.78 is 0. The quantitative estimate of drug-likeness (QED) is 0.778. The topological polar surface area (TPSA) is 12.0 Å². The molecule has 0 heterocycles. The lowest BCUT2D eigenvalue weighted by molar-refractivity contribution is 0.595. The predicted octanol–water partition coefficient (Wildman–Crippen LogP) is 3.55. The van der Waals surface area contributed by atoms with E-state index in [0.29, 0.717) is 6.04 Å². The zero-order valence-corrected chi connectivity index (χ0v) is 11.4. The van der Waals surface area contributed by atoms with Crippen LogP contribution in [0, 0.1) is 5.92 Å². The monoisotopic (exact) mass is 237 g/mol. The fourth-order valence-corrected chi connectivity index (χ4v) is 2.51. The number of nitrogens with one attached hydrogen (secondary N) is 1. The molecule has 1 N–H and O–H groups in total. The number of rotatable bonds is 7. The smallest absolute Gasteiger partial charge is 0.0208 e. The van der Waals surface area contributed by atoms with Crippen molar-refractivity contribution in [1.82, 2.24) is 5.32 Å². The fraction of sp³-hybridized carbons (Fsp3) is 0.571. The minimum atomic E-state index is 0.587. The summed E-state index contributed by atoms with van der Waals surface area (Å²) in [4.78, 5) is 0. The van der Waals surface area contributed by atoms with E-state index in [0.717, 1.165) is 12.5 Å². The molecule has 0 amide bonds. The van der Waals surface area contributed by atoms with Crippen LogP contribution in [0.4, 0.5) is 0 Å². The Morgan fingerprint density at radius 3 is 2.38 bits per heavy atom. The third-order valence-electron chi connectivity index (χ3n) is 2.32. The SMILES string of the molecule is CC(C)CSCC(C)NCc1ccccc1. The molecule has 1 aromatic carbocycles. The van der Waals surface area contributed by atoms with Gasteiger partial charge in [-0.2, -0.15) is 11.8 Å². The Bertz CT molecular complexity index is 271. The lowest BCUT2D eigenvalue weighted by Crippen LogP contribution is -2.27. The van der Waals surface area contributed by atoms with Gasteiger partial charge in [0.1, 0.15) is 0 Å². The Morgan fingerprint density at radius 1 is 1.06 bits per heavy atom. The van der Waals surface area contributed by atoms with Gasteiger partial charge in [0.25, 0.3) is 0 Å². The Hall–Kier alpha value is -0.470. The highest BCUT2D eigenvalue weighted by Crippen LogP contribution is 2.09. The molecule has 1 atom stereocenters. The van der Waals surface area contributed by atoms with Gasteiger partial charge in [-0.1, -0.05) is 44.2 Å². The van der Waals surface area contributed by atoms with Gasteiger partial charge >= 0.3 is 0 Å². The van der Waals surface area contributed by atoms with E-state index < -0.39 is 0 Å². The maximum absolute atomic E-state index is 3.55. The van der Waals surface area contributed by atoms with Crippen molar-refractivity contribution in [2.75, 3.05) is 11.5 Å². The molecule has 0 radical (unpaired) electrons. The van der Waals surface area contributed by atoms with Crippen LogP contribution in [0.5, 0.6) is 0 Å². The molecule has 16 heavy (non-hydrogen) atoms. The van der Waals surface area contributed by atoms with E-state index in [4.69, 9.17) is 0 Å². The summed E-state index contributed by atoms with van der Waals surface area (Å²) in [7, 11) is 0. The standard InChI is InChI=1S/C14H23NS/c1-12(2)10-16-11-13(3)15-9-14-7-5-4-6-8-14/h4-8,12-13,15H,9-11H2,1-3H3. The van der Waals surface area contributed by atoms with Crippen LogP contribution in [0.2, 0.25) is 0 Å². The van der Waals surface area contributed by atoms with Crippen molar-refractivity contribution in [3.8, 4) is 0 Å². The molecule has 0 aliphatic heterocycles. The molecule has 1 unspecified atom stereocenters. The molecule has 2 heteroatoms. The van der Waals surface area contributed by atoms with Crippen LogP contribution < -0.4 is 5.32 Å². The first kappa shape index (κ1) is 13.6. The normalized spacial score (nSPS) is 13.0. The van der Waals surface area contributed by atoms with Crippen molar-refractivity contribution in [2.24, 2.45) is 5.92 Å². The highest BCUT2D eigenvalue weighted by molar-refractivity contribution is 7.99. The van der Waals surface area contributed by atoms with Crippen LogP contribution in [0.3, 0.4) is 0 Å². The van der Waals surface area contributed by atoms with Crippen LogP contribution >= 0.6 is 11.8 Å². The highest BCUT2D eigenvalue weighted by atomic mass is 32.2. The first-order chi connectivity index (χ1) is 7.68. The molecular weight excluding hydrogens is 214 g/mol. The van der Waals surface area contributed by atoms with Crippen LogP contribution in [-0.4, -0.2) is 17.5 Å². The summed E-state index contributed by atoms with van der Waals surface area (Å²) in [6.45, 7) is 7.78. The van der Waals surface area contributed by atoms with Crippen LogP contribution in [0.1, 0.15) is 26.3 Å². The average Bonchev–Trinajstić information content (AvgIpc) is 2.27. The van der Waals surface area contributed by atoms with Crippen molar-refractivity contribution in [3.05, 3.63) is 35.9 Å². The Labute approximate surface area is 104 Å². The fourth-order valence-electron chi connectivity index (χ4n) is 1.43. The summed E-state index contributed by atoms with van der Waals surface area (Å²) >= 11 is 2.04. The summed E-state index contributed by atoms with van der Waals surface area (Å²) in [5, 5.41) is 3.55. The number of benzene rings is 1. The van der Waals surface area contributed by atoms with E-state index in [1.165, 1.54) is 17.1 Å². The molecule has 90 valence electrons. The highest BCUT2D eigenvalue weighted by Gasteiger charge is 2.02. The van der Waals surface area contributed by atoms with E-state index in [-0.39, 0.29) is 0 Å². The lowest BCUT2D eigenvalue weighted by Gasteiger charge is -2.14. The van der Waals surface area contributed by atoms with Gasteiger partial charge in [-0.05, 0) is 24.2 Å². The van der Waals surface area contributed by atoms with Crippen molar-refractivity contribution in [1.29, 1.82) is 0 Å². The van der Waals surface area contributed by atoms with Gasteiger partial charge in [-0.25, -0.2) is 0 Å². The van der Waals surface area contributed by atoms with Crippen molar-refractivity contribution < 1.29 is 0 Å². The number of hydrogen-bond acceptors (Lipinski definition) is 2. The summed E-state index contributed by atoms with van der Waals surface area (Å²) in [5.74, 6) is 3.26. The molecule has 0 aliphatic carbocycles. The predicted molar refractivity (Wildman–Crippen MR) is 74.9 cm³/mol. The number of thioether (sulfide) groups is 1. The van der Waals surface area contributed by atoms with E-state index in [1.54, 1.807) is 0 Å². The molecule has 0 bridgehead atoms. The van der Waals surface area contributed by atoms with Gasteiger partial charge < -0.3 is 5.32 Å². The van der Waals surface area contributed by atoms with Crippen LogP contribution in [0.15, 0.2) is 30.3 Å². The second-order valence-electron chi connectivity index (χ2n) is 4.70. The van der Waals surface area contributed by atoms with E-state index >= 15 is 0 Å². The third-order valence-corrected chi connectivity index (χ3v) is 3.95. The van der Waals surface area contributed by atoms with Gasteiger partial charge in [0, 0.05) is 18.3 Å². The summed E-state index contributed by atoms with van der Waals surface area (Å²) in [5.41, 5.74) is 1.36. The van der Waals surface area contributed by atoms with E-state index in [9.17, 15) is 0 Å². The molecule has 0 aromatic heterocycles. The molecule has 0 saturated carbocycles. The first-order valence-corrected chi connectivity index (χ1v) is 7.19. The van der Waals surface area contributed by atoms with Crippen LogP contribution in [-0.2, 0) is 6.54 Å². The largest absolute Gasteiger partial charge is 0.309 e. The molecule has 1 rings (SSSR count). The van der Waals surface area contributed by atoms with Gasteiger partial charge in [0.2, 0.25) is 0 Å². The zero-order valence-electron chi connectivity index (χ0n) is 10.6. The van der Waals surface area contributed by atoms with E-state index in [2.05, 4.69) is 56.4 Å². The molecule has 0 spiro atoms. The van der Waals surface area contributed by atoms with Gasteiger partial charge in [-0.15, -0.1) is 0 Å². The summed E-state index contributed by atoms with van der Waals surface area (Å²) in [6, 6.07) is 11.2. The number of hydrogen-bond donors (Lipinski definition) is 1. The molecule has 0 saturated heterocycles. The first-order valence-electron chi connectivity index (χ1n) is 6.03. The maximum atomic E-state index is 3.55. The van der Waals surface area contributed by atoms with Crippen molar-refractivity contribution in [3.63, 3.8) is 0 Å². The molecule has 0 aliphatic rings. The van der Waals surface area contributed by atoms with Gasteiger partial charge in [0.15, 0.2) is 0 Å². The minimum absolute atomic E-state index is 0.587. The molecule has 1 nitrogen and oxygen atoms in total. The Morgan fingerprint density at radius 2 is 1.75 bits per heavy atom. The molecular formula is C14H23NS. The maximum Gasteiger partial charge on any atom is 0.0208 e.